The number of halogens is 2. The molecule has 3 heterocycles. The van der Waals surface area contributed by atoms with Crippen LogP contribution in [-0.4, -0.2) is 29.4 Å². The van der Waals surface area contributed by atoms with E-state index < -0.39 is 0 Å². The minimum Gasteiger partial charge on any atom is -0.301 e. The summed E-state index contributed by atoms with van der Waals surface area (Å²) in [7, 11) is 2.09. The van der Waals surface area contributed by atoms with E-state index in [1.165, 1.54) is 16.2 Å². The molecule has 1 aliphatic rings. The molecular weight excluding hydrogens is 337 g/mol. The van der Waals surface area contributed by atoms with Gasteiger partial charge in [-0.2, -0.15) is 0 Å². The van der Waals surface area contributed by atoms with Crippen LogP contribution >= 0.6 is 46.7 Å². The van der Waals surface area contributed by atoms with Gasteiger partial charge in [0.2, 0.25) is 0 Å². The number of thiophene rings is 1. The highest BCUT2D eigenvalue weighted by Crippen LogP contribution is 2.29. The largest absolute Gasteiger partial charge is 0.301 e. The van der Waals surface area contributed by atoms with Gasteiger partial charge < -0.3 is 4.90 Å². The first-order valence-corrected chi connectivity index (χ1v) is 7.87. The minimum atomic E-state index is -0.142. The zero-order chi connectivity index (χ0) is 13.4. The van der Waals surface area contributed by atoms with E-state index in [2.05, 4.69) is 22.2 Å². The van der Waals surface area contributed by atoms with Crippen molar-refractivity contribution in [1.29, 1.82) is 0 Å². The van der Waals surface area contributed by atoms with Crippen molar-refractivity contribution in [2.24, 2.45) is 0 Å². The fourth-order valence-electron chi connectivity index (χ4n) is 1.97. The normalized spacial score (nSPS) is 14.5. The second-order valence-electron chi connectivity index (χ2n) is 4.43. The molecular formula is C12H13Cl2N3OS2. The standard InChI is InChI=1S/C12H12ClN3OS2.ClH/c1-16-5-4-7-9(6-16)19-12(14-7)15-11(17)8-2-3-10(13)18-8;/h2-3H,4-6H2,1H3,(H,14,15,17);1H. The highest BCUT2D eigenvalue weighted by molar-refractivity contribution is 7.18. The molecule has 0 radical (unpaired) electrons. The molecule has 2 aromatic rings. The highest BCUT2D eigenvalue weighted by Gasteiger charge is 2.19. The van der Waals surface area contributed by atoms with E-state index in [1.54, 1.807) is 23.5 Å². The number of anilines is 1. The monoisotopic (exact) mass is 349 g/mol. The molecule has 0 atom stereocenters. The molecule has 1 amide bonds. The molecule has 3 rings (SSSR count). The van der Waals surface area contributed by atoms with Crippen molar-refractivity contribution >= 4 is 57.7 Å². The SMILES string of the molecule is CN1CCc2nc(NC(=O)c3ccc(Cl)s3)sc2C1.Cl. The van der Waals surface area contributed by atoms with Gasteiger partial charge in [0.15, 0.2) is 5.13 Å². The summed E-state index contributed by atoms with van der Waals surface area (Å²) in [5.41, 5.74) is 1.11. The Bertz CT molecular complexity index is 626. The Morgan fingerprint density at radius 3 is 2.95 bits per heavy atom. The predicted octanol–water partition coefficient (Wildman–Crippen LogP) is 3.52. The zero-order valence-electron chi connectivity index (χ0n) is 10.7. The fraction of sp³-hybridized carbons (Fsp3) is 0.333. The maximum absolute atomic E-state index is 12.0. The molecule has 20 heavy (non-hydrogen) atoms. The molecule has 0 aromatic carbocycles. The Morgan fingerprint density at radius 1 is 1.45 bits per heavy atom. The van der Waals surface area contributed by atoms with Gasteiger partial charge in [-0.3, -0.25) is 10.1 Å². The van der Waals surface area contributed by atoms with Gasteiger partial charge in [0, 0.05) is 24.4 Å². The lowest BCUT2D eigenvalue weighted by molar-refractivity contribution is 0.103. The van der Waals surface area contributed by atoms with Crippen LogP contribution in [0.3, 0.4) is 0 Å². The van der Waals surface area contributed by atoms with Crippen molar-refractivity contribution in [2.75, 3.05) is 18.9 Å². The Labute approximate surface area is 136 Å². The third-order valence-corrected chi connectivity index (χ3v) is 5.17. The summed E-state index contributed by atoms with van der Waals surface area (Å²) in [5.74, 6) is -0.142. The summed E-state index contributed by atoms with van der Waals surface area (Å²) in [6.45, 7) is 1.93. The first-order chi connectivity index (χ1) is 9.11. The van der Waals surface area contributed by atoms with Crippen LogP contribution in [0.2, 0.25) is 4.34 Å². The molecule has 1 N–H and O–H groups in total. The number of nitrogens with one attached hydrogen (secondary N) is 1. The second-order valence-corrected chi connectivity index (χ2v) is 7.23. The molecule has 8 heteroatoms. The van der Waals surface area contributed by atoms with Gasteiger partial charge in [0.25, 0.3) is 5.91 Å². The Balaban J connectivity index is 0.00000147. The quantitative estimate of drug-likeness (QED) is 0.901. The fourth-order valence-corrected chi connectivity index (χ4v) is 3.99. The number of carbonyl (C=O) groups is 1. The number of hydrogen-bond donors (Lipinski definition) is 1. The van der Waals surface area contributed by atoms with Crippen LogP contribution in [0.5, 0.6) is 0 Å². The van der Waals surface area contributed by atoms with Crippen LogP contribution in [0.1, 0.15) is 20.2 Å². The first kappa shape index (κ1) is 15.7. The minimum absolute atomic E-state index is 0. The predicted molar refractivity (Wildman–Crippen MR) is 86.7 cm³/mol. The number of rotatable bonds is 2. The van der Waals surface area contributed by atoms with Crippen LogP contribution in [-0.2, 0) is 13.0 Å². The van der Waals surface area contributed by atoms with Crippen molar-refractivity contribution in [2.45, 2.75) is 13.0 Å². The number of hydrogen-bond acceptors (Lipinski definition) is 5. The highest BCUT2D eigenvalue weighted by atomic mass is 35.5. The lowest BCUT2D eigenvalue weighted by Gasteiger charge is -2.20. The topological polar surface area (TPSA) is 45.2 Å². The van der Waals surface area contributed by atoms with E-state index in [-0.39, 0.29) is 18.3 Å². The van der Waals surface area contributed by atoms with Crippen LogP contribution in [0, 0.1) is 0 Å². The summed E-state index contributed by atoms with van der Waals surface area (Å²) in [4.78, 5) is 20.6. The van der Waals surface area contributed by atoms with E-state index in [0.29, 0.717) is 14.3 Å². The van der Waals surface area contributed by atoms with Gasteiger partial charge in [-0.25, -0.2) is 4.98 Å². The number of likely N-dealkylation sites (N-methyl/N-ethyl adjacent to an activating group) is 1. The van der Waals surface area contributed by atoms with Gasteiger partial charge in [-0.1, -0.05) is 11.6 Å². The molecule has 0 saturated carbocycles. The van der Waals surface area contributed by atoms with E-state index in [0.717, 1.165) is 25.2 Å². The smallest absolute Gasteiger partial charge is 0.267 e. The molecule has 1 aliphatic heterocycles. The van der Waals surface area contributed by atoms with Crippen molar-refractivity contribution in [3.63, 3.8) is 0 Å². The average molecular weight is 350 g/mol. The van der Waals surface area contributed by atoms with Gasteiger partial charge in [0.05, 0.1) is 14.9 Å². The van der Waals surface area contributed by atoms with Crippen molar-refractivity contribution < 1.29 is 4.79 Å². The van der Waals surface area contributed by atoms with Gasteiger partial charge in [-0.05, 0) is 19.2 Å². The number of thiazole rings is 1. The summed E-state index contributed by atoms with van der Waals surface area (Å²) < 4.78 is 0.616. The summed E-state index contributed by atoms with van der Waals surface area (Å²) >= 11 is 8.65. The molecule has 4 nitrogen and oxygen atoms in total. The van der Waals surface area contributed by atoms with Crippen LogP contribution in [0.15, 0.2) is 12.1 Å². The molecule has 2 aromatic heterocycles. The molecule has 0 fully saturated rings. The van der Waals surface area contributed by atoms with Crippen molar-refractivity contribution in [3.8, 4) is 0 Å². The maximum atomic E-state index is 12.0. The van der Waals surface area contributed by atoms with E-state index in [4.69, 9.17) is 11.6 Å². The zero-order valence-corrected chi connectivity index (χ0v) is 13.9. The Morgan fingerprint density at radius 2 is 2.25 bits per heavy atom. The third-order valence-electron chi connectivity index (χ3n) is 2.94. The van der Waals surface area contributed by atoms with Gasteiger partial charge >= 0.3 is 0 Å². The number of amides is 1. The van der Waals surface area contributed by atoms with Crippen molar-refractivity contribution in [1.82, 2.24) is 9.88 Å². The van der Waals surface area contributed by atoms with E-state index in [1.807, 2.05) is 0 Å². The molecule has 108 valence electrons. The lowest BCUT2D eigenvalue weighted by Crippen LogP contribution is -2.25. The Hall–Kier alpha value is -0.660. The van der Waals surface area contributed by atoms with Gasteiger partial charge in [0.1, 0.15) is 0 Å². The number of carbonyl (C=O) groups excluding carboxylic acids is 1. The summed E-state index contributed by atoms with van der Waals surface area (Å²) in [6, 6.07) is 3.45. The van der Waals surface area contributed by atoms with E-state index >= 15 is 0 Å². The van der Waals surface area contributed by atoms with Crippen LogP contribution < -0.4 is 5.32 Å². The summed E-state index contributed by atoms with van der Waals surface area (Å²) in [6.07, 6.45) is 0.947. The number of fused-ring (bicyclic) bond motifs is 1. The molecule has 0 aliphatic carbocycles. The first-order valence-electron chi connectivity index (χ1n) is 5.85. The van der Waals surface area contributed by atoms with Crippen LogP contribution in [0.25, 0.3) is 0 Å². The number of nitrogens with zero attached hydrogens (tertiary/aromatic N) is 2. The maximum Gasteiger partial charge on any atom is 0.267 e. The molecule has 0 bridgehead atoms. The van der Waals surface area contributed by atoms with Crippen LogP contribution in [0.4, 0.5) is 5.13 Å². The van der Waals surface area contributed by atoms with Gasteiger partial charge in [-0.15, -0.1) is 35.1 Å². The molecule has 0 saturated heterocycles. The third kappa shape index (κ3) is 3.32. The Kier molecular flexibility index (Phi) is 5.04. The van der Waals surface area contributed by atoms with E-state index in [9.17, 15) is 4.79 Å². The summed E-state index contributed by atoms with van der Waals surface area (Å²) in [5, 5.41) is 3.52. The number of aromatic nitrogens is 1. The average Bonchev–Trinajstić information content (AvgIpc) is 2.94. The lowest BCUT2D eigenvalue weighted by atomic mass is 10.2. The molecule has 0 unspecified atom stereocenters. The second kappa shape index (κ2) is 6.41. The molecule has 0 spiro atoms. The van der Waals surface area contributed by atoms with Crippen molar-refractivity contribution in [3.05, 3.63) is 31.9 Å².